The van der Waals surface area contributed by atoms with Crippen molar-refractivity contribution in [1.29, 1.82) is 0 Å². The number of rotatable bonds is 5. The molecule has 0 aliphatic carbocycles. The minimum atomic E-state index is -0.422. The Kier molecular flexibility index (Phi) is 4.07. The van der Waals surface area contributed by atoms with Gasteiger partial charge in [-0.3, -0.25) is 10.1 Å². The second-order valence-corrected chi connectivity index (χ2v) is 4.26. The van der Waals surface area contributed by atoms with Crippen LogP contribution in [-0.4, -0.2) is 16.5 Å². The van der Waals surface area contributed by atoms with E-state index in [1.165, 1.54) is 29.5 Å². The van der Waals surface area contributed by atoms with Gasteiger partial charge in [0.05, 0.1) is 11.0 Å². The summed E-state index contributed by atoms with van der Waals surface area (Å²) in [5.41, 5.74) is 2.56. The summed E-state index contributed by atoms with van der Waals surface area (Å²) in [4.78, 5) is 14.3. The number of anilines is 1. The summed E-state index contributed by atoms with van der Waals surface area (Å²) in [6.45, 7) is 2.76. The zero-order valence-corrected chi connectivity index (χ0v) is 10.7. The van der Waals surface area contributed by atoms with E-state index in [0.29, 0.717) is 12.4 Å². The van der Waals surface area contributed by atoms with Crippen LogP contribution >= 0.6 is 0 Å². The number of nitrogens with one attached hydrogen (secondary N) is 1. The molecule has 0 spiro atoms. The number of pyridine rings is 1. The molecule has 1 N–H and O–H groups in total. The molecule has 2 rings (SSSR count). The van der Waals surface area contributed by atoms with Crippen LogP contribution in [0.4, 0.5) is 11.5 Å². The van der Waals surface area contributed by atoms with Crippen molar-refractivity contribution in [1.82, 2.24) is 4.98 Å². The number of nitro groups is 1. The second kappa shape index (κ2) is 5.95. The van der Waals surface area contributed by atoms with Gasteiger partial charge in [-0.15, -0.1) is 0 Å². The van der Waals surface area contributed by atoms with Gasteiger partial charge in [0.15, 0.2) is 0 Å². The Morgan fingerprint density at radius 3 is 2.84 bits per heavy atom. The van der Waals surface area contributed by atoms with Gasteiger partial charge < -0.3 is 5.32 Å². The Morgan fingerprint density at radius 2 is 2.11 bits per heavy atom. The lowest BCUT2D eigenvalue weighted by Crippen LogP contribution is -2.07. The third-order valence-corrected chi connectivity index (χ3v) is 2.92. The van der Waals surface area contributed by atoms with Crippen molar-refractivity contribution in [2.75, 3.05) is 11.9 Å². The van der Waals surface area contributed by atoms with E-state index in [1.54, 1.807) is 0 Å². The van der Waals surface area contributed by atoms with Gasteiger partial charge in [-0.2, -0.15) is 0 Å². The predicted molar refractivity (Wildman–Crippen MR) is 74.3 cm³/mol. The number of hydrogen-bond acceptors (Lipinski definition) is 4. The van der Waals surface area contributed by atoms with Crippen molar-refractivity contribution in [3.8, 4) is 0 Å². The van der Waals surface area contributed by atoms with E-state index >= 15 is 0 Å². The van der Waals surface area contributed by atoms with Crippen molar-refractivity contribution < 1.29 is 4.92 Å². The van der Waals surface area contributed by atoms with Gasteiger partial charge in [0, 0.05) is 18.8 Å². The Bertz CT molecular complexity index is 584. The van der Waals surface area contributed by atoms with E-state index in [9.17, 15) is 10.1 Å². The second-order valence-electron chi connectivity index (χ2n) is 4.26. The first-order chi connectivity index (χ1) is 9.16. The van der Waals surface area contributed by atoms with E-state index in [2.05, 4.69) is 29.4 Å². The molecular weight excluding hydrogens is 242 g/mol. The van der Waals surface area contributed by atoms with Gasteiger partial charge >= 0.3 is 0 Å². The average molecular weight is 257 g/mol. The van der Waals surface area contributed by atoms with Crippen LogP contribution in [0.2, 0.25) is 0 Å². The lowest BCUT2D eigenvalue weighted by Gasteiger charge is -2.07. The number of aromatic nitrogens is 1. The Labute approximate surface area is 111 Å². The fourth-order valence-corrected chi connectivity index (χ4v) is 1.85. The van der Waals surface area contributed by atoms with Gasteiger partial charge in [0.2, 0.25) is 0 Å². The first kappa shape index (κ1) is 13.0. The van der Waals surface area contributed by atoms with Crippen LogP contribution in [0.3, 0.4) is 0 Å². The first-order valence-corrected chi connectivity index (χ1v) is 6.05. The average Bonchev–Trinajstić information content (AvgIpc) is 2.41. The summed E-state index contributed by atoms with van der Waals surface area (Å²) >= 11 is 0. The quantitative estimate of drug-likeness (QED) is 0.660. The SMILES string of the molecule is Cc1ccccc1CCNc1cc([N+](=O)[O-])ccn1. The summed E-state index contributed by atoms with van der Waals surface area (Å²) < 4.78 is 0. The van der Waals surface area contributed by atoms with Gasteiger partial charge in [-0.05, 0) is 24.5 Å². The highest BCUT2D eigenvalue weighted by atomic mass is 16.6. The predicted octanol–water partition coefficient (Wildman–Crippen LogP) is 2.95. The molecule has 0 unspecified atom stereocenters. The molecule has 5 heteroatoms. The summed E-state index contributed by atoms with van der Waals surface area (Å²) in [6.07, 6.45) is 2.30. The molecule has 2 aromatic rings. The van der Waals surface area contributed by atoms with E-state index in [-0.39, 0.29) is 5.69 Å². The van der Waals surface area contributed by atoms with Gasteiger partial charge in [0.1, 0.15) is 5.82 Å². The number of aryl methyl sites for hydroxylation is 1. The maximum absolute atomic E-state index is 10.6. The van der Waals surface area contributed by atoms with Gasteiger partial charge in [0.25, 0.3) is 5.69 Å². The molecule has 98 valence electrons. The highest BCUT2D eigenvalue weighted by Crippen LogP contribution is 2.14. The third kappa shape index (κ3) is 3.51. The topological polar surface area (TPSA) is 68.1 Å². The highest BCUT2D eigenvalue weighted by Gasteiger charge is 2.06. The van der Waals surface area contributed by atoms with Crippen molar-refractivity contribution in [3.05, 3.63) is 63.8 Å². The lowest BCUT2D eigenvalue weighted by molar-refractivity contribution is -0.384. The number of hydrogen-bond donors (Lipinski definition) is 1. The van der Waals surface area contributed by atoms with Crippen LogP contribution in [0, 0.1) is 17.0 Å². The summed E-state index contributed by atoms with van der Waals surface area (Å²) in [5, 5.41) is 13.7. The third-order valence-electron chi connectivity index (χ3n) is 2.92. The summed E-state index contributed by atoms with van der Waals surface area (Å²) in [5.74, 6) is 0.530. The first-order valence-electron chi connectivity index (χ1n) is 6.05. The normalized spacial score (nSPS) is 10.2. The summed E-state index contributed by atoms with van der Waals surface area (Å²) in [6, 6.07) is 11.0. The smallest absolute Gasteiger partial charge is 0.274 e. The van der Waals surface area contributed by atoms with Crippen molar-refractivity contribution in [3.63, 3.8) is 0 Å². The van der Waals surface area contributed by atoms with Crippen molar-refractivity contribution >= 4 is 11.5 Å². The van der Waals surface area contributed by atoms with Crippen LogP contribution < -0.4 is 5.32 Å². The van der Waals surface area contributed by atoms with Crippen LogP contribution in [0.1, 0.15) is 11.1 Å². The minimum Gasteiger partial charge on any atom is -0.370 e. The molecule has 0 atom stereocenters. The maximum atomic E-state index is 10.6. The van der Waals surface area contributed by atoms with Crippen molar-refractivity contribution in [2.45, 2.75) is 13.3 Å². The van der Waals surface area contributed by atoms with Crippen LogP contribution in [0.5, 0.6) is 0 Å². The maximum Gasteiger partial charge on any atom is 0.274 e. The fraction of sp³-hybridized carbons (Fsp3) is 0.214. The molecule has 1 aromatic heterocycles. The zero-order valence-electron chi connectivity index (χ0n) is 10.7. The fourth-order valence-electron chi connectivity index (χ4n) is 1.85. The molecule has 0 saturated carbocycles. The Morgan fingerprint density at radius 1 is 1.32 bits per heavy atom. The zero-order chi connectivity index (χ0) is 13.7. The Hall–Kier alpha value is -2.43. The van der Waals surface area contributed by atoms with E-state index < -0.39 is 4.92 Å². The number of nitrogens with zero attached hydrogens (tertiary/aromatic N) is 2. The summed E-state index contributed by atoms with van der Waals surface area (Å²) in [7, 11) is 0. The van der Waals surface area contributed by atoms with Gasteiger partial charge in [-0.1, -0.05) is 24.3 Å². The van der Waals surface area contributed by atoms with Crippen LogP contribution in [0.15, 0.2) is 42.6 Å². The monoisotopic (exact) mass is 257 g/mol. The molecule has 0 fully saturated rings. The molecule has 0 aliphatic rings. The van der Waals surface area contributed by atoms with E-state index in [4.69, 9.17) is 0 Å². The Balaban J connectivity index is 1.94. The van der Waals surface area contributed by atoms with Crippen molar-refractivity contribution in [2.24, 2.45) is 0 Å². The molecule has 5 nitrogen and oxygen atoms in total. The molecule has 0 bridgehead atoms. The minimum absolute atomic E-state index is 0.0494. The molecule has 1 aromatic carbocycles. The van der Waals surface area contributed by atoms with E-state index in [1.807, 2.05) is 12.1 Å². The molecule has 1 heterocycles. The van der Waals surface area contributed by atoms with E-state index in [0.717, 1.165) is 6.42 Å². The molecule has 0 aliphatic heterocycles. The molecule has 0 saturated heterocycles. The van der Waals surface area contributed by atoms with Crippen LogP contribution in [-0.2, 0) is 6.42 Å². The largest absolute Gasteiger partial charge is 0.370 e. The van der Waals surface area contributed by atoms with Crippen LogP contribution in [0.25, 0.3) is 0 Å². The lowest BCUT2D eigenvalue weighted by atomic mass is 10.1. The molecule has 19 heavy (non-hydrogen) atoms. The standard InChI is InChI=1S/C14H15N3O2/c1-11-4-2-3-5-12(11)6-8-15-14-10-13(17(18)19)7-9-16-14/h2-5,7,9-10H,6,8H2,1H3,(H,15,16). The highest BCUT2D eigenvalue weighted by molar-refractivity contribution is 5.44. The number of benzene rings is 1. The van der Waals surface area contributed by atoms with Gasteiger partial charge in [-0.25, -0.2) is 4.98 Å². The molecule has 0 radical (unpaired) electrons. The molecular formula is C14H15N3O2. The molecule has 0 amide bonds.